The van der Waals surface area contributed by atoms with E-state index in [1.165, 1.54) is 0 Å². The zero-order valence-corrected chi connectivity index (χ0v) is 19.7. The Morgan fingerprint density at radius 1 is 0.941 bits per heavy atom. The molecule has 0 radical (unpaired) electrons. The largest absolute Gasteiger partial charge is 0.497 e. The minimum absolute atomic E-state index is 0.0203. The molecule has 1 saturated heterocycles. The standard InChI is InChI=1S/C27H30N4O3/c1-19-12-15-30(16-13-19)27-28-24-14-17-31(26(32)20-8-10-21(33-2)11-9-20)18-23(24)25(29-27)34-22-6-4-3-5-7-22/h3-11,19H,12-18H2,1-2H3. The number of aromatic nitrogens is 2. The van der Waals surface area contributed by atoms with Crippen LogP contribution < -0.4 is 14.4 Å². The van der Waals surface area contributed by atoms with E-state index in [-0.39, 0.29) is 5.91 Å². The second kappa shape index (κ2) is 9.71. The van der Waals surface area contributed by atoms with E-state index in [1.54, 1.807) is 19.2 Å². The molecule has 2 aromatic carbocycles. The van der Waals surface area contributed by atoms with Crippen molar-refractivity contribution in [3.05, 3.63) is 71.4 Å². The molecule has 1 fully saturated rings. The number of para-hydroxylation sites is 1. The van der Waals surface area contributed by atoms with Crippen LogP contribution in [0.15, 0.2) is 54.6 Å². The smallest absolute Gasteiger partial charge is 0.254 e. The highest BCUT2D eigenvalue weighted by Crippen LogP contribution is 2.33. The van der Waals surface area contributed by atoms with Crippen molar-refractivity contribution in [1.82, 2.24) is 14.9 Å². The Labute approximate surface area is 200 Å². The van der Waals surface area contributed by atoms with Crippen molar-refractivity contribution in [1.29, 1.82) is 0 Å². The van der Waals surface area contributed by atoms with Crippen LogP contribution >= 0.6 is 0 Å². The van der Waals surface area contributed by atoms with E-state index in [9.17, 15) is 4.79 Å². The molecule has 0 N–H and O–H groups in total. The number of carbonyl (C=O) groups excluding carboxylic acids is 1. The molecule has 3 heterocycles. The minimum Gasteiger partial charge on any atom is -0.497 e. The van der Waals surface area contributed by atoms with Gasteiger partial charge in [-0.05, 0) is 55.2 Å². The highest BCUT2D eigenvalue weighted by Gasteiger charge is 2.29. The van der Waals surface area contributed by atoms with Crippen LogP contribution in [0.5, 0.6) is 17.4 Å². The molecule has 0 bridgehead atoms. The van der Waals surface area contributed by atoms with Crippen LogP contribution in [0.25, 0.3) is 0 Å². The summed E-state index contributed by atoms with van der Waals surface area (Å²) in [5.74, 6) is 3.43. The predicted molar refractivity (Wildman–Crippen MR) is 131 cm³/mol. The highest BCUT2D eigenvalue weighted by atomic mass is 16.5. The quantitative estimate of drug-likeness (QED) is 0.552. The van der Waals surface area contributed by atoms with E-state index >= 15 is 0 Å². The van der Waals surface area contributed by atoms with Crippen molar-refractivity contribution < 1.29 is 14.3 Å². The Morgan fingerprint density at radius 2 is 1.68 bits per heavy atom. The first-order chi connectivity index (χ1) is 16.6. The van der Waals surface area contributed by atoms with Crippen LogP contribution in [0.1, 0.15) is 41.4 Å². The van der Waals surface area contributed by atoms with Crippen LogP contribution in [0.3, 0.4) is 0 Å². The summed E-state index contributed by atoms with van der Waals surface area (Å²) in [6.07, 6.45) is 2.95. The summed E-state index contributed by atoms with van der Waals surface area (Å²) in [6.45, 7) is 5.22. The molecule has 2 aliphatic rings. The van der Waals surface area contributed by atoms with Gasteiger partial charge >= 0.3 is 0 Å². The lowest BCUT2D eigenvalue weighted by atomic mass is 9.99. The molecule has 0 atom stereocenters. The fourth-order valence-electron chi connectivity index (χ4n) is 4.50. The SMILES string of the molecule is COc1ccc(C(=O)N2CCc3nc(N4CCC(C)CC4)nc(Oc4ccccc4)c3C2)cc1. The van der Waals surface area contributed by atoms with Gasteiger partial charge in [-0.25, -0.2) is 4.98 Å². The Balaban J connectivity index is 1.44. The lowest BCUT2D eigenvalue weighted by Crippen LogP contribution is -2.38. The number of benzene rings is 2. The zero-order valence-electron chi connectivity index (χ0n) is 19.7. The second-order valence-electron chi connectivity index (χ2n) is 9.04. The normalized spacial score (nSPS) is 16.2. The fourth-order valence-corrected chi connectivity index (χ4v) is 4.50. The molecule has 7 nitrogen and oxygen atoms in total. The number of amides is 1. The average Bonchev–Trinajstić information content (AvgIpc) is 2.89. The van der Waals surface area contributed by atoms with E-state index in [0.717, 1.165) is 60.6 Å². The summed E-state index contributed by atoms with van der Waals surface area (Å²) in [5.41, 5.74) is 2.48. The van der Waals surface area contributed by atoms with Gasteiger partial charge in [-0.1, -0.05) is 25.1 Å². The Bertz CT molecular complexity index is 1140. The maximum atomic E-state index is 13.2. The van der Waals surface area contributed by atoms with Crippen molar-refractivity contribution >= 4 is 11.9 Å². The van der Waals surface area contributed by atoms with E-state index in [1.807, 2.05) is 47.4 Å². The third-order valence-electron chi connectivity index (χ3n) is 6.66. The van der Waals surface area contributed by atoms with Crippen molar-refractivity contribution in [2.24, 2.45) is 5.92 Å². The molecule has 176 valence electrons. The van der Waals surface area contributed by atoms with Gasteiger partial charge in [-0.15, -0.1) is 0 Å². The molecule has 34 heavy (non-hydrogen) atoms. The summed E-state index contributed by atoms with van der Waals surface area (Å²) in [5, 5.41) is 0. The second-order valence-corrected chi connectivity index (χ2v) is 9.04. The molecule has 1 aromatic heterocycles. The zero-order chi connectivity index (χ0) is 23.5. The van der Waals surface area contributed by atoms with Gasteiger partial charge in [-0.3, -0.25) is 4.79 Å². The first-order valence-corrected chi connectivity index (χ1v) is 11.9. The molecule has 7 heteroatoms. The third-order valence-corrected chi connectivity index (χ3v) is 6.66. The van der Waals surface area contributed by atoms with Crippen molar-refractivity contribution in [2.75, 3.05) is 31.6 Å². The highest BCUT2D eigenvalue weighted by molar-refractivity contribution is 5.94. The molecule has 0 spiro atoms. The number of methoxy groups -OCH3 is 1. The lowest BCUT2D eigenvalue weighted by Gasteiger charge is -2.33. The summed E-state index contributed by atoms with van der Waals surface area (Å²) in [7, 11) is 1.62. The van der Waals surface area contributed by atoms with E-state index < -0.39 is 0 Å². The van der Waals surface area contributed by atoms with Gasteiger partial charge in [0.05, 0.1) is 24.9 Å². The average molecular weight is 459 g/mol. The van der Waals surface area contributed by atoms with Crippen LogP contribution in [0.2, 0.25) is 0 Å². The number of fused-ring (bicyclic) bond motifs is 1. The number of piperidine rings is 1. The molecule has 2 aliphatic heterocycles. The lowest BCUT2D eigenvalue weighted by molar-refractivity contribution is 0.0732. The Morgan fingerprint density at radius 3 is 2.38 bits per heavy atom. The molecule has 1 amide bonds. The van der Waals surface area contributed by atoms with Gasteiger partial charge in [0.2, 0.25) is 11.8 Å². The Kier molecular flexibility index (Phi) is 6.34. The summed E-state index contributed by atoms with van der Waals surface area (Å²) >= 11 is 0. The first-order valence-electron chi connectivity index (χ1n) is 11.9. The number of ether oxygens (including phenoxy) is 2. The molecule has 0 unspecified atom stereocenters. The number of carbonyl (C=O) groups is 1. The fraction of sp³-hybridized carbons (Fsp3) is 0.370. The number of nitrogens with zero attached hydrogens (tertiary/aromatic N) is 4. The maximum absolute atomic E-state index is 13.2. The summed E-state index contributed by atoms with van der Waals surface area (Å²) < 4.78 is 11.5. The van der Waals surface area contributed by atoms with Gasteiger partial charge in [0, 0.05) is 31.6 Å². The first kappa shape index (κ1) is 22.2. The van der Waals surface area contributed by atoms with Gasteiger partial charge in [0.1, 0.15) is 11.5 Å². The molecular formula is C27H30N4O3. The van der Waals surface area contributed by atoms with Gasteiger partial charge in [0.15, 0.2) is 0 Å². The van der Waals surface area contributed by atoms with Crippen molar-refractivity contribution in [3.8, 4) is 17.4 Å². The predicted octanol–water partition coefficient (Wildman–Crippen LogP) is 4.71. The summed E-state index contributed by atoms with van der Waals surface area (Å²) in [4.78, 5) is 27.1. The van der Waals surface area contributed by atoms with Crippen LogP contribution in [0.4, 0.5) is 5.95 Å². The monoisotopic (exact) mass is 458 g/mol. The van der Waals surface area contributed by atoms with Crippen LogP contribution in [-0.4, -0.2) is 47.5 Å². The molecule has 0 aliphatic carbocycles. The van der Waals surface area contributed by atoms with Crippen LogP contribution in [-0.2, 0) is 13.0 Å². The molecule has 0 saturated carbocycles. The molecule has 5 rings (SSSR count). The third kappa shape index (κ3) is 4.69. The van der Waals surface area contributed by atoms with Crippen LogP contribution in [0, 0.1) is 5.92 Å². The number of rotatable bonds is 5. The van der Waals surface area contributed by atoms with Gasteiger partial charge in [-0.2, -0.15) is 4.98 Å². The van der Waals surface area contributed by atoms with E-state index in [4.69, 9.17) is 19.4 Å². The number of anilines is 1. The molecular weight excluding hydrogens is 428 g/mol. The maximum Gasteiger partial charge on any atom is 0.254 e. The van der Waals surface area contributed by atoms with E-state index in [2.05, 4.69) is 11.8 Å². The number of hydrogen-bond donors (Lipinski definition) is 0. The van der Waals surface area contributed by atoms with Gasteiger partial charge < -0.3 is 19.3 Å². The number of hydrogen-bond acceptors (Lipinski definition) is 6. The van der Waals surface area contributed by atoms with Gasteiger partial charge in [0.25, 0.3) is 5.91 Å². The topological polar surface area (TPSA) is 67.8 Å². The summed E-state index contributed by atoms with van der Waals surface area (Å²) in [6, 6.07) is 16.9. The Hall–Kier alpha value is -3.61. The minimum atomic E-state index is -0.0203. The molecule has 3 aromatic rings. The van der Waals surface area contributed by atoms with E-state index in [0.29, 0.717) is 31.0 Å². The van der Waals surface area contributed by atoms with Crippen molar-refractivity contribution in [3.63, 3.8) is 0 Å². The van der Waals surface area contributed by atoms with Crippen molar-refractivity contribution in [2.45, 2.75) is 32.7 Å².